The zero-order valence-electron chi connectivity index (χ0n) is 15.9. The molecule has 31 heavy (non-hydrogen) atoms. The van der Waals surface area contributed by atoms with E-state index in [0.717, 1.165) is 37.7 Å². The Bertz CT molecular complexity index is 1590. The quantitative estimate of drug-likeness (QED) is 0.176. The molecule has 3 N–H and O–H groups in total. The molecular formula is C22H16O7P2. The van der Waals surface area contributed by atoms with Gasteiger partial charge in [0.1, 0.15) is 5.75 Å². The first-order valence-electron chi connectivity index (χ1n) is 9.26. The van der Waals surface area contributed by atoms with Crippen LogP contribution in [0.2, 0.25) is 0 Å². The number of phosphoric acid groups is 2. The second-order valence-corrected chi connectivity index (χ2v) is 9.92. The minimum absolute atomic E-state index is 0.0172. The van der Waals surface area contributed by atoms with Gasteiger partial charge in [0.25, 0.3) is 0 Å². The minimum atomic E-state index is -5.22. The van der Waals surface area contributed by atoms with Crippen molar-refractivity contribution in [3.63, 3.8) is 0 Å². The topological polar surface area (TPSA) is 113 Å². The fourth-order valence-corrected chi connectivity index (χ4v) is 5.47. The van der Waals surface area contributed by atoms with Crippen molar-refractivity contribution in [3.05, 3.63) is 78.9 Å². The molecular weight excluding hydrogens is 438 g/mol. The Morgan fingerprint density at radius 2 is 1.13 bits per heavy atom. The van der Waals surface area contributed by atoms with Crippen LogP contribution in [-0.2, 0) is 13.4 Å². The van der Waals surface area contributed by atoms with Gasteiger partial charge in [-0.25, -0.2) is 9.13 Å². The molecule has 0 saturated heterocycles. The van der Waals surface area contributed by atoms with Gasteiger partial charge in [-0.1, -0.05) is 48.5 Å². The van der Waals surface area contributed by atoms with Crippen LogP contribution in [0.25, 0.3) is 43.1 Å². The van der Waals surface area contributed by atoms with Gasteiger partial charge >= 0.3 is 15.6 Å². The molecule has 0 spiro atoms. The molecule has 0 saturated carbocycles. The predicted molar refractivity (Wildman–Crippen MR) is 120 cm³/mol. The zero-order valence-corrected chi connectivity index (χ0v) is 17.7. The first-order chi connectivity index (χ1) is 14.7. The van der Waals surface area contributed by atoms with Crippen LogP contribution in [0.15, 0.2) is 78.9 Å². The van der Waals surface area contributed by atoms with Crippen LogP contribution in [0.5, 0.6) is 5.75 Å². The van der Waals surface area contributed by atoms with E-state index in [4.69, 9.17) is 14.3 Å². The van der Waals surface area contributed by atoms with Crippen LogP contribution in [-0.4, -0.2) is 14.7 Å². The van der Waals surface area contributed by atoms with E-state index in [-0.39, 0.29) is 5.75 Å². The summed E-state index contributed by atoms with van der Waals surface area (Å²) < 4.78 is 32.0. The molecule has 1 atom stereocenters. The molecule has 0 aromatic heterocycles. The van der Waals surface area contributed by atoms with E-state index in [1.165, 1.54) is 6.07 Å². The van der Waals surface area contributed by atoms with Crippen LogP contribution in [0.3, 0.4) is 0 Å². The Kier molecular flexibility index (Phi) is 4.65. The number of rotatable bonds is 4. The SMILES string of the molecule is O=P(O)(O)OP(=O)(O)Oc1cccc2cc3ccc4cc5ccccc5cc4c3cc12. The zero-order chi connectivity index (χ0) is 21.8. The van der Waals surface area contributed by atoms with Crippen molar-refractivity contribution in [2.45, 2.75) is 0 Å². The van der Waals surface area contributed by atoms with Crippen LogP contribution in [0, 0.1) is 0 Å². The van der Waals surface area contributed by atoms with E-state index in [2.05, 4.69) is 16.4 Å². The molecule has 0 aliphatic carbocycles. The highest BCUT2D eigenvalue weighted by Gasteiger charge is 2.34. The third-order valence-corrected chi connectivity index (χ3v) is 7.19. The van der Waals surface area contributed by atoms with Gasteiger partial charge in [0.2, 0.25) is 0 Å². The fourth-order valence-electron chi connectivity index (χ4n) is 3.85. The lowest BCUT2D eigenvalue weighted by Crippen LogP contribution is -1.96. The van der Waals surface area contributed by atoms with Crippen LogP contribution in [0.4, 0.5) is 0 Å². The third kappa shape index (κ3) is 3.95. The molecule has 7 nitrogen and oxygen atoms in total. The van der Waals surface area contributed by atoms with Gasteiger partial charge in [-0.05, 0) is 68.0 Å². The number of hydrogen-bond donors (Lipinski definition) is 3. The van der Waals surface area contributed by atoms with E-state index >= 15 is 0 Å². The van der Waals surface area contributed by atoms with Crippen LogP contribution in [0.1, 0.15) is 0 Å². The highest BCUT2D eigenvalue weighted by atomic mass is 31.3. The molecule has 9 heteroatoms. The van der Waals surface area contributed by atoms with E-state index < -0.39 is 15.6 Å². The van der Waals surface area contributed by atoms with Gasteiger partial charge in [-0.3, -0.25) is 4.89 Å². The van der Waals surface area contributed by atoms with Gasteiger partial charge in [-0.2, -0.15) is 4.31 Å². The van der Waals surface area contributed by atoms with E-state index in [0.29, 0.717) is 5.39 Å². The second-order valence-electron chi connectivity index (χ2n) is 7.17. The monoisotopic (exact) mass is 454 g/mol. The number of benzene rings is 5. The van der Waals surface area contributed by atoms with Gasteiger partial charge in [0.15, 0.2) is 0 Å². The summed E-state index contributed by atoms with van der Waals surface area (Å²) in [4.78, 5) is 27.5. The Balaban J connectivity index is 1.74. The molecule has 0 bridgehead atoms. The molecule has 5 rings (SSSR count). The maximum atomic E-state index is 12.1. The molecule has 5 aromatic rings. The van der Waals surface area contributed by atoms with Crippen molar-refractivity contribution in [1.29, 1.82) is 0 Å². The summed E-state index contributed by atoms with van der Waals surface area (Å²) in [6.45, 7) is 0. The first-order valence-corrected chi connectivity index (χ1v) is 12.3. The van der Waals surface area contributed by atoms with Gasteiger partial charge in [0, 0.05) is 5.39 Å². The van der Waals surface area contributed by atoms with Crippen LogP contribution < -0.4 is 4.52 Å². The average Bonchev–Trinajstić information content (AvgIpc) is 2.69. The Hall–Kier alpha value is -2.76. The van der Waals surface area contributed by atoms with Crippen LogP contribution >= 0.6 is 15.6 Å². The molecule has 5 aromatic carbocycles. The first kappa shape index (κ1) is 20.2. The standard InChI is InChI=1S/C22H16O7P2/c23-30(24,25)29-31(26,27)28-22-7-3-6-16-11-18-9-8-17-10-14-4-1-2-5-15(14)12-19(17)20(18)13-21(16)22/h1-13H,(H,26,27)(H2,23,24,25). The highest BCUT2D eigenvalue weighted by Crippen LogP contribution is 2.57. The lowest BCUT2D eigenvalue weighted by Gasteiger charge is -2.15. The Morgan fingerprint density at radius 3 is 1.81 bits per heavy atom. The summed E-state index contributed by atoms with van der Waals surface area (Å²) in [7, 11) is -10.3. The Labute approximate surface area is 176 Å². The maximum Gasteiger partial charge on any atom is 0.536 e. The third-order valence-electron chi connectivity index (χ3n) is 5.08. The largest absolute Gasteiger partial charge is 0.536 e. The molecule has 0 heterocycles. The van der Waals surface area contributed by atoms with E-state index in [1.54, 1.807) is 6.07 Å². The summed E-state index contributed by atoms with van der Waals surface area (Å²) in [6.07, 6.45) is 0. The van der Waals surface area contributed by atoms with Gasteiger partial charge in [0.05, 0.1) is 0 Å². The molecule has 0 aliphatic heterocycles. The summed E-state index contributed by atoms with van der Waals surface area (Å²) in [5, 5.41) is 7.40. The van der Waals surface area contributed by atoms with Gasteiger partial charge < -0.3 is 14.3 Å². The Morgan fingerprint density at radius 1 is 0.581 bits per heavy atom. The summed E-state index contributed by atoms with van der Waals surface area (Å²) in [5.41, 5.74) is 0. The van der Waals surface area contributed by atoms with E-state index in [9.17, 15) is 14.0 Å². The molecule has 156 valence electrons. The number of fused-ring (bicyclic) bond motifs is 5. The highest BCUT2D eigenvalue weighted by molar-refractivity contribution is 7.60. The molecule has 0 amide bonds. The number of hydrogen-bond acceptors (Lipinski definition) is 4. The average molecular weight is 454 g/mol. The number of phosphoric ester groups is 1. The van der Waals surface area contributed by atoms with Crippen molar-refractivity contribution < 1.29 is 32.6 Å². The lowest BCUT2D eigenvalue weighted by molar-refractivity contribution is 0.230. The van der Waals surface area contributed by atoms with Gasteiger partial charge in [-0.15, -0.1) is 0 Å². The maximum absolute atomic E-state index is 12.1. The van der Waals surface area contributed by atoms with Crippen molar-refractivity contribution in [1.82, 2.24) is 0 Å². The molecule has 0 radical (unpaired) electrons. The van der Waals surface area contributed by atoms with Crippen molar-refractivity contribution in [2.75, 3.05) is 0 Å². The van der Waals surface area contributed by atoms with E-state index in [1.807, 2.05) is 54.6 Å². The second kappa shape index (κ2) is 7.14. The minimum Gasteiger partial charge on any atom is -0.403 e. The van der Waals surface area contributed by atoms with Crippen molar-refractivity contribution >= 4 is 58.7 Å². The summed E-state index contributed by atoms with van der Waals surface area (Å²) in [5.74, 6) is -0.0172. The van der Waals surface area contributed by atoms with Crippen molar-refractivity contribution in [2.24, 2.45) is 0 Å². The normalized spacial score (nSPS) is 14.3. The van der Waals surface area contributed by atoms with Crippen molar-refractivity contribution in [3.8, 4) is 5.75 Å². The molecule has 0 aliphatic rings. The fraction of sp³-hybridized carbons (Fsp3) is 0. The smallest absolute Gasteiger partial charge is 0.403 e. The lowest BCUT2D eigenvalue weighted by atomic mass is 9.96. The molecule has 1 unspecified atom stereocenters. The summed E-state index contributed by atoms with van der Waals surface area (Å²) in [6, 6.07) is 24.9. The predicted octanol–water partition coefficient (Wildman–Crippen LogP) is 5.89. The molecule has 0 fully saturated rings. The summed E-state index contributed by atoms with van der Waals surface area (Å²) >= 11 is 0.